The smallest absolute Gasteiger partial charge is 0.263 e. The van der Waals surface area contributed by atoms with Crippen molar-refractivity contribution in [2.24, 2.45) is 0 Å². The predicted molar refractivity (Wildman–Crippen MR) is 133 cm³/mol. The van der Waals surface area contributed by atoms with Gasteiger partial charge in [-0.15, -0.1) is 17.9 Å². The van der Waals surface area contributed by atoms with Crippen LogP contribution in [0.4, 0.5) is 0 Å². The molecule has 0 fully saturated rings. The molecule has 0 unspecified atom stereocenters. The first-order valence-electron chi connectivity index (χ1n) is 10.6. The molecule has 4 nitrogen and oxygen atoms in total. The molecule has 1 aliphatic rings. The molecular formula is C26H22N2O2S2. The van der Waals surface area contributed by atoms with E-state index < -0.39 is 0 Å². The van der Waals surface area contributed by atoms with Crippen LogP contribution in [-0.4, -0.2) is 21.1 Å². The van der Waals surface area contributed by atoms with Crippen LogP contribution in [0.1, 0.15) is 27.2 Å². The van der Waals surface area contributed by atoms with Gasteiger partial charge in [0.05, 0.1) is 11.1 Å². The van der Waals surface area contributed by atoms with E-state index in [-0.39, 0.29) is 17.1 Å². The van der Waals surface area contributed by atoms with Gasteiger partial charge >= 0.3 is 0 Å². The molecule has 0 N–H and O–H groups in total. The van der Waals surface area contributed by atoms with Crippen molar-refractivity contribution in [3.63, 3.8) is 0 Å². The number of Topliss-reactive ketones (excluding diaryl/α,β-unsaturated/α-hetero) is 1. The first kappa shape index (κ1) is 20.9. The van der Waals surface area contributed by atoms with Crippen molar-refractivity contribution >= 4 is 39.1 Å². The molecule has 1 aliphatic carbocycles. The number of aromatic nitrogens is 2. The SMILES string of the molecule is C=CCn1c(SCC(=O)c2ccc(-c3ccccc3)cc2)nc2sc3c(c2c1=O)CCC3. The molecule has 32 heavy (non-hydrogen) atoms. The van der Waals surface area contributed by atoms with Gasteiger partial charge < -0.3 is 0 Å². The highest BCUT2D eigenvalue weighted by molar-refractivity contribution is 7.99. The van der Waals surface area contributed by atoms with Crippen LogP contribution in [0.2, 0.25) is 0 Å². The van der Waals surface area contributed by atoms with Crippen LogP contribution in [0.3, 0.4) is 0 Å². The summed E-state index contributed by atoms with van der Waals surface area (Å²) >= 11 is 2.94. The molecule has 4 aromatic rings. The number of benzene rings is 2. The normalized spacial score (nSPS) is 12.8. The Balaban J connectivity index is 1.39. The number of carbonyl (C=O) groups is 1. The fourth-order valence-corrected chi connectivity index (χ4v) is 6.36. The van der Waals surface area contributed by atoms with Gasteiger partial charge in [-0.05, 0) is 36.0 Å². The molecule has 0 radical (unpaired) electrons. The molecule has 0 bridgehead atoms. The lowest BCUT2D eigenvalue weighted by Crippen LogP contribution is -2.23. The topological polar surface area (TPSA) is 52.0 Å². The second kappa shape index (κ2) is 8.88. The van der Waals surface area contributed by atoms with Crippen LogP contribution < -0.4 is 5.56 Å². The fourth-order valence-electron chi connectivity index (χ4n) is 4.15. The van der Waals surface area contributed by atoms with E-state index in [9.17, 15) is 9.59 Å². The standard InChI is InChI=1S/C26H22N2O2S2/c1-2-15-28-25(30)23-20-9-6-10-22(20)32-24(23)27-26(28)31-16-21(29)19-13-11-18(12-14-19)17-7-4-3-5-8-17/h2-5,7-8,11-14H,1,6,9-10,15-16H2. The molecule has 0 atom stereocenters. The molecule has 0 amide bonds. The summed E-state index contributed by atoms with van der Waals surface area (Å²) in [6.45, 7) is 4.18. The fraction of sp³-hybridized carbons (Fsp3) is 0.192. The van der Waals surface area contributed by atoms with Crippen LogP contribution in [-0.2, 0) is 19.4 Å². The number of aryl methyl sites for hydroxylation is 2. The second-order valence-electron chi connectivity index (χ2n) is 7.79. The van der Waals surface area contributed by atoms with Gasteiger partial charge in [-0.25, -0.2) is 4.98 Å². The molecule has 2 aromatic heterocycles. The Labute approximate surface area is 194 Å². The Kier molecular flexibility index (Phi) is 5.81. The number of rotatable bonds is 7. The number of fused-ring (bicyclic) bond motifs is 3. The van der Waals surface area contributed by atoms with E-state index in [1.807, 2.05) is 54.6 Å². The Morgan fingerprint density at radius 1 is 1.09 bits per heavy atom. The lowest BCUT2D eigenvalue weighted by Gasteiger charge is -2.10. The van der Waals surface area contributed by atoms with E-state index in [0.717, 1.165) is 40.6 Å². The Morgan fingerprint density at radius 2 is 1.84 bits per heavy atom. The van der Waals surface area contributed by atoms with Gasteiger partial charge in [-0.3, -0.25) is 14.2 Å². The second-order valence-corrected chi connectivity index (χ2v) is 9.82. The summed E-state index contributed by atoms with van der Waals surface area (Å²) in [7, 11) is 0. The van der Waals surface area contributed by atoms with Crippen LogP contribution in [0, 0.1) is 0 Å². The maximum atomic E-state index is 13.2. The van der Waals surface area contributed by atoms with Gasteiger partial charge in [-0.2, -0.15) is 0 Å². The Bertz CT molecular complexity index is 1370. The summed E-state index contributed by atoms with van der Waals surface area (Å²) in [4.78, 5) is 32.9. The molecule has 160 valence electrons. The van der Waals surface area contributed by atoms with Crippen LogP contribution in [0.25, 0.3) is 21.3 Å². The summed E-state index contributed by atoms with van der Waals surface area (Å²) in [6, 6.07) is 17.8. The van der Waals surface area contributed by atoms with E-state index >= 15 is 0 Å². The Hall–Kier alpha value is -2.96. The minimum absolute atomic E-state index is 0.0165. The summed E-state index contributed by atoms with van der Waals surface area (Å²) in [5.41, 5.74) is 4.01. The summed E-state index contributed by atoms with van der Waals surface area (Å²) in [6.07, 6.45) is 4.78. The maximum Gasteiger partial charge on any atom is 0.263 e. The summed E-state index contributed by atoms with van der Waals surface area (Å²) < 4.78 is 1.65. The minimum atomic E-state index is -0.0172. The van der Waals surface area contributed by atoms with E-state index in [1.165, 1.54) is 22.2 Å². The van der Waals surface area contributed by atoms with Gasteiger partial charge in [-0.1, -0.05) is 72.4 Å². The maximum absolute atomic E-state index is 13.2. The van der Waals surface area contributed by atoms with E-state index in [4.69, 9.17) is 4.98 Å². The summed E-state index contributed by atoms with van der Waals surface area (Å²) in [5, 5.41) is 1.34. The zero-order valence-corrected chi connectivity index (χ0v) is 19.2. The number of carbonyl (C=O) groups excluding carboxylic acids is 1. The first-order valence-corrected chi connectivity index (χ1v) is 12.4. The van der Waals surface area contributed by atoms with Gasteiger partial charge in [0, 0.05) is 17.0 Å². The van der Waals surface area contributed by atoms with Crippen molar-refractivity contribution in [2.75, 3.05) is 5.75 Å². The molecular weight excluding hydrogens is 436 g/mol. The number of ketones is 1. The lowest BCUT2D eigenvalue weighted by atomic mass is 10.0. The third kappa shape index (κ3) is 3.85. The molecule has 6 heteroatoms. The van der Waals surface area contributed by atoms with E-state index in [2.05, 4.69) is 6.58 Å². The molecule has 0 aliphatic heterocycles. The average Bonchev–Trinajstić information content (AvgIpc) is 3.41. The third-order valence-corrected chi connectivity index (χ3v) is 7.91. The first-order chi connectivity index (χ1) is 15.7. The number of thiophene rings is 1. The highest BCUT2D eigenvalue weighted by Crippen LogP contribution is 2.35. The highest BCUT2D eigenvalue weighted by atomic mass is 32.2. The number of hydrogen-bond acceptors (Lipinski definition) is 5. The number of hydrogen-bond donors (Lipinski definition) is 0. The quantitative estimate of drug-likeness (QED) is 0.153. The zero-order chi connectivity index (χ0) is 22.1. The highest BCUT2D eigenvalue weighted by Gasteiger charge is 2.23. The van der Waals surface area contributed by atoms with Crippen molar-refractivity contribution in [3.8, 4) is 11.1 Å². The van der Waals surface area contributed by atoms with E-state index in [1.54, 1.807) is 22.0 Å². The van der Waals surface area contributed by atoms with Crippen LogP contribution in [0.5, 0.6) is 0 Å². The molecule has 2 heterocycles. The van der Waals surface area contributed by atoms with Crippen molar-refractivity contribution < 1.29 is 4.79 Å². The van der Waals surface area contributed by atoms with Crippen LogP contribution >= 0.6 is 23.1 Å². The number of thioether (sulfide) groups is 1. The minimum Gasteiger partial charge on any atom is -0.293 e. The Morgan fingerprint density at radius 3 is 2.59 bits per heavy atom. The summed E-state index contributed by atoms with van der Waals surface area (Å²) in [5.74, 6) is 0.244. The number of nitrogens with zero attached hydrogens (tertiary/aromatic N) is 2. The number of allylic oxidation sites excluding steroid dienone is 1. The van der Waals surface area contributed by atoms with Crippen molar-refractivity contribution in [1.82, 2.24) is 9.55 Å². The van der Waals surface area contributed by atoms with Gasteiger partial charge in [0.15, 0.2) is 10.9 Å². The van der Waals surface area contributed by atoms with Gasteiger partial charge in [0.2, 0.25) is 0 Å². The molecule has 2 aromatic carbocycles. The molecule has 0 saturated heterocycles. The van der Waals surface area contributed by atoms with Gasteiger partial charge in [0.1, 0.15) is 4.83 Å². The average molecular weight is 459 g/mol. The largest absolute Gasteiger partial charge is 0.293 e. The van der Waals surface area contributed by atoms with E-state index in [0.29, 0.717) is 17.3 Å². The van der Waals surface area contributed by atoms with Crippen molar-refractivity contribution in [2.45, 2.75) is 31.0 Å². The van der Waals surface area contributed by atoms with Crippen LogP contribution in [0.15, 0.2) is 77.2 Å². The lowest BCUT2D eigenvalue weighted by molar-refractivity contribution is 0.102. The molecule has 5 rings (SSSR count). The van der Waals surface area contributed by atoms with Crippen molar-refractivity contribution in [3.05, 3.63) is 93.6 Å². The third-order valence-electron chi connectivity index (χ3n) is 5.75. The monoisotopic (exact) mass is 458 g/mol. The predicted octanol–water partition coefficient (Wildman–Crippen LogP) is 5.77. The molecule has 0 spiro atoms. The molecule has 0 saturated carbocycles. The zero-order valence-electron chi connectivity index (χ0n) is 17.5. The van der Waals surface area contributed by atoms with Gasteiger partial charge in [0.25, 0.3) is 5.56 Å². The van der Waals surface area contributed by atoms with Crippen molar-refractivity contribution in [1.29, 1.82) is 0 Å².